The number of aliphatic hydroxyl groups is 1. The van der Waals surface area contributed by atoms with Crippen molar-refractivity contribution in [2.45, 2.75) is 18.3 Å². The van der Waals surface area contributed by atoms with Crippen LogP contribution >= 0.6 is 0 Å². The summed E-state index contributed by atoms with van der Waals surface area (Å²) in [6.45, 7) is 2.53. The molecule has 0 aromatic heterocycles. The minimum atomic E-state index is -4.53. The van der Waals surface area contributed by atoms with E-state index in [4.69, 9.17) is 0 Å². The van der Waals surface area contributed by atoms with Gasteiger partial charge in [-0.3, -0.25) is 0 Å². The van der Waals surface area contributed by atoms with Crippen LogP contribution in [0.2, 0.25) is 0 Å². The van der Waals surface area contributed by atoms with Gasteiger partial charge in [0.1, 0.15) is 38.8 Å². The van der Waals surface area contributed by atoms with E-state index in [0.29, 0.717) is 13.1 Å². The predicted molar refractivity (Wildman–Crippen MR) is 93.0 cm³/mol. The number of quaternary nitrogens is 2. The topological polar surface area (TPSA) is 29.1 Å². The van der Waals surface area contributed by atoms with Gasteiger partial charge in [0.05, 0.1) is 0 Å². The number of hydrogen-bond acceptors (Lipinski definition) is 1. The molecular weight excluding hydrogens is 341 g/mol. The molecule has 6 heteroatoms. The standard InChI is InChI=1S/C20H23F3N2O/c21-20(22,23)18(26)15-24-11-13-25(14-12-24)19(16-7-3-1-4-8-16)17-9-5-2-6-10-17/h1-10,18-19,26H,11-15H2/p+2/t18-/m0/s1. The molecular formula is C20H25F3N2O+2. The quantitative estimate of drug-likeness (QED) is 0.706. The molecule has 0 radical (unpaired) electrons. The highest BCUT2D eigenvalue weighted by atomic mass is 19.4. The van der Waals surface area contributed by atoms with Gasteiger partial charge in [0.2, 0.25) is 0 Å². The molecule has 0 amide bonds. The molecule has 140 valence electrons. The van der Waals surface area contributed by atoms with Gasteiger partial charge in [0, 0.05) is 11.1 Å². The molecule has 0 saturated carbocycles. The molecule has 2 aromatic carbocycles. The predicted octanol–water partition coefficient (Wildman–Crippen LogP) is 0.483. The Bertz CT molecular complexity index is 631. The molecule has 0 bridgehead atoms. The lowest BCUT2D eigenvalue weighted by Crippen LogP contribution is -3.28. The summed E-state index contributed by atoms with van der Waals surface area (Å²) in [7, 11) is 0. The van der Waals surface area contributed by atoms with Crippen LogP contribution in [0.3, 0.4) is 0 Å². The molecule has 3 N–H and O–H groups in total. The zero-order valence-electron chi connectivity index (χ0n) is 14.5. The van der Waals surface area contributed by atoms with Gasteiger partial charge >= 0.3 is 6.18 Å². The zero-order valence-corrected chi connectivity index (χ0v) is 14.5. The van der Waals surface area contributed by atoms with Gasteiger partial charge in [0.25, 0.3) is 0 Å². The lowest BCUT2D eigenvalue weighted by atomic mass is 9.96. The van der Waals surface area contributed by atoms with Crippen molar-refractivity contribution in [2.75, 3.05) is 32.7 Å². The number of rotatable bonds is 5. The van der Waals surface area contributed by atoms with Gasteiger partial charge in [0.15, 0.2) is 6.10 Å². The molecule has 0 spiro atoms. The van der Waals surface area contributed by atoms with Crippen LogP contribution in [0.15, 0.2) is 60.7 Å². The van der Waals surface area contributed by atoms with Crippen LogP contribution in [0.5, 0.6) is 0 Å². The van der Waals surface area contributed by atoms with E-state index in [1.165, 1.54) is 16.0 Å². The lowest BCUT2D eigenvalue weighted by Gasteiger charge is -2.35. The Kier molecular flexibility index (Phi) is 5.96. The first-order chi connectivity index (χ1) is 12.4. The summed E-state index contributed by atoms with van der Waals surface area (Å²) >= 11 is 0. The number of halogens is 3. The maximum Gasteiger partial charge on any atom is 0.419 e. The summed E-state index contributed by atoms with van der Waals surface area (Å²) < 4.78 is 37.7. The van der Waals surface area contributed by atoms with Crippen LogP contribution in [0.1, 0.15) is 17.2 Å². The van der Waals surface area contributed by atoms with E-state index in [1.807, 2.05) is 36.4 Å². The molecule has 1 atom stereocenters. The smallest absolute Gasteiger partial charge is 0.379 e. The van der Waals surface area contributed by atoms with E-state index in [1.54, 1.807) is 0 Å². The average Bonchev–Trinajstić information content (AvgIpc) is 2.64. The van der Waals surface area contributed by atoms with Crippen LogP contribution in [-0.4, -0.2) is 50.1 Å². The SMILES string of the molecule is O[C@@H](C[NH+]1CC[NH+](C(c2ccccc2)c2ccccc2)CC1)C(F)(F)F. The molecule has 26 heavy (non-hydrogen) atoms. The first-order valence-electron chi connectivity index (χ1n) is 8.98. The molecule has 1 aliphatic rings. The fourth-order valence-corrected chi connectivity index (χ4v) is 3.76. The summed E-state index contributed by atoms with van der Waals surface area (Å²) in [4.78, 5) is 2.17. The molecule has 0 aliphatic carbocycles. The number of piperazine rings is 1. The first kappa shape index (κ1) is 18.9. The summed E-state index contributed by atoms with van der Waals surface area (Å²) in [6.07, 6.45) is -6.77. The van der Waals surface area contributed by atoms with E-state index in [-0.39, 0.29) is 12.6 Å². The summed E-state index contributed by atoms with van der Waals surface area (Å²) in [5.74, 6) is 0. The second-order valence-electron chi connectivity index (χ2n) is 6.92. The Hall–Kier alpha value is -1.89. The molecule has 3 rings (SSSR count). The Labute approximate surface area is 151 Å². The maximum atomic E-state index is 12.6. The Morgan fingerprint density at radius 3 is 1.69 bits per heavy atom. The Morgan fingerprint density at radius 1 is 0.808 bits per heavy atom. The molecule has 2 aromatic rings. The average molecular weight is 366 g/mol. The monoisotopic (exact) mass is 366 g/mol. The second-order valence-corrected chi connectivity index (χ2v) is 6.92. The minimum Gasteiger partial charge on any atom is -0.379 e. The minimum absolute atomic E-state index is 0.173. The van der Waals surface area contributed by atoms with Crippen molar-refractivity contribution in [3.05, 3.63) is 71.8 Å². The van der Waals surface area contributed by atoms with Gasteiger partial charge in [-0.15, -0.1) is 0 Å². The van der Waals surface area contributed by atoms with Crippen LogP contribution in [-0.2, 0) is 0 Å². The van der Waals surface area contributed by atoms with Crippen molar-refractivity contribution in [2.24, 2.45) is 0 Å². The molecule has 3 nitrogen and oxygen atoms in total. The van der Waals surface area contributed by atoms with Crippen molar-refractivity contribution in [3.8, 4) is 0 Å². The van der Waals surface area contributed by atoms with Gasteiger partial charge in [-0.2, -0.15) is 13.2 Å². The van der Waals surface area contributed by atoms with E-state index < -0.39 is 12.3 Å². The fourth-order valence-electron chi connectivity index (χ4n) is 3.76. The van der Waals surface area contributed by atoms with Gasteiger partial charge in [-0.05, 0) is 0 Å². The second kappa shape index (κ2) is 8.20. The van der Waals surface area contributed by atoms with Crippen LogP contribution < -0.4 is 9.80 Å². The third-order valence-electron chi connectivity index (χ3n) is 5.13. The highest BCUT2D eigenvalue weighted by Gasteiger charge is 2.42. The summed E-state index contributed by atoms with van der Waals surface area (Å²) in [5, 5.41) is 9.32. The highest BCUT2D eigenvalue weighted by molar-refractivity contribution is 5.29. The Morgan fingerprint density at radius 2 is 1.27 bits per heavy atom. The lowest BCUT2D eigenvalue weighted by molar-refractivity contribution is -1.03. The largest absolute Gasteiger partial charge is 0.419 e. The molecule has 1 fully saturated rings. The fraction of sp³-hybridized carbons (Fsp3) is 0.400. The van der Waals surface area contributed by atoms with Crippen LogP contribution in [0.25, 0.3) is 0 Å². The molecule has 1 aliphatic heterocycles. The normalized spacial score (nSPS) is 22.3. The van der Waals surface area contributed by atoms with Gasteiger partial charge in [-0.1, -0.05) is 60.7 Å². The molecule has 0 unspecified atom stereocenters. The first-order valence-corrected chi connectivity index (χ1v) is 8.98. The number of hydrogen-bond donors (Lipinski definition) is 3. The van der Waals surface area contributed by atoms with Crippen molar-refractivity contribution in [1.29, 1.82) is 0 Å². The highest BCUT2D eigenvalue weighted by Crippen LogP contribution is 2.19. The number of alkyl halides is 3. The van der Waals surface area contributed by atoms with E-state index in [9.17, 15) is 18.3 Å². The third kappa shape index (κ3) is 4.63. The molecule has 1 saturated heterocycles. The number of aliphatic hydroxyl groups excluding tert-OH is 1. The van der Waals surface area contributed by atoms with Crippen molar-refractivity contribution < 1.29 is 28.1 Å². The number of nitrogens with one attached hydrogen (secondary N) is 2. The third-order valence-corrected chi connectivity index (χ3v) is 5.13. The van der Waals surface area contributed by atoms with E-state index in [2.05, 4.69) is 24.3 Å². The van der Waals surface area contributed by atoms with Gasteiger partial charge in [-0.25, -0.2) is 0 Å². The van der Waals surface area contributed by atoms with Crippen molar-refractivity contribution in [3.63, 3.8) is 0 Å². The van der Waals surface area contributed by atoms with Crippen molar-refractivity contribution >= 4 is 0 Å². The summed E-state index contributed by atoms with van der Waals surface area (Å²) in [5.41, 5.74) is 2.43. The van der Waals surface area contributed by atoms with Gasteiger partial charge < -0.3 is 14.9 Å². The molecule has 1 heterocycles. The Balaban J connectivity index is 1.70. The zero-order chi connectivity index (χ0) is 18.6. The van der Waals surface area contributed by atoms with Crippen LogP contribution in [0, 0.1) is 0 Å². The van der Waals surface area contributed by atoms with Crippen LogP contribution in [0.4, 0.5) is 13.2 Å². The summed E-state index contributed by atoms with van der Waals surface area (Å²) in [6, 6.07) is 20.7. The number of benzene rings is 2. The van der Waals surface area contributed by atoms with Crippen molar-refractivity contribution in [1.82, 2.24) is 0 Å². The van der Waals surface area contributed by atoms with E-state index >= 15 is 0 Å². The van der Waals surface area contributed by atoms with E-state index in [0.717, 1.165) is 18.0 Å². The maximum absolute atomic E-state index is 12.6.